The zero-order valence-corrected chi connectivity index (χ0v) is 26.4. The summed E-state index contributed by atoms with van der Waals surface area (Å²) >= 11 is 0. The van der Waals surface area contributed by atoms with Crippen molar-refractivity contribution in [3.05, 3.63) is 169 Å². The lowest BCUT2D eigenvalue weighted by atomic mass is 9.92. The summed E-state index contributed by atoms with van der Waals surface area (Å²) in [5.41, 5.74) is 9.25. The van der Waals surface area contributed by atoms with Gasteiger partial charge in [-0.25, -0.2) is 4.98 Å². The molecule has 0 saturated heterocycles. The van der Waals surface area contributed by atoms with E-state index in [-0.39, 0.29) is 0 Å². The van der Waals surface area contributed by atoms with E-state index in [1.165, 1.54) is 26.9 Å². The highest BCUT2D eigenvalue weighted by molar-refractivity contribution is 6.31. The van der Waals surface area contributed by atoms with E-state index in [1.807, 2.05) is 18.2 Å². The lowest BCUT2D eigenvalue weighted by Crippen LogP contribution is -1.93. The van der Waals surface area contributed by atoms with Crippen molar-refractivity contribution in [2.45, 2.75) is 0 Å². The van der Waals surface area contributed by atoms with Crippen LogP contribution in [0.4, 0.5) is 0 Å². The molecule has 0 N–H and O–H groups in total. The second-order valence-corrected chi connectivity index (χ2v) is 12.6. The predicted molar refractivity (Wildman–Crippen MR) is 204 cm³/mol. The molecule has 0 bridgehead atoms. The number of hydrogen-bond donors (Lipinski definition) is 0. The van der Waals surface area contributed by atoms with Crippen LogP contribution in [0.2, 0.25) is 0 Å². The van der Waals surface area contributed by atoms with Crippen LogP contribution in [-0.2, 0) is 0 Å². The van der Waals surface area contributed by atoms with Crippen molar-refractivity contribution >= 4 is 65.0 Å². The van der Waals surface area contributed by atoms with Gasteiger partial charge < -0.3 is 4.57 Å². The Bertz CT molecular complexity index is 3000. The molecule has 0 atom stereocenters. The first-order chi connectivity index (χ1) is 24.3. The molecule has 2 heterocycles. The van der Waals surface area contributed by atoms with Crippen LogP contribution in [-0.4, -0.2) is 9.55 Å². The van der Waals surface area contributed by atoms with Gasteiger partial charge in [-0.1, -0.05) is 115 Å². The van der Waals surface area contributed by atoms with Gasteiger partial charge in [-0.3, -0.25) is 0 Å². The van der Waals surface area contributed by atoms with Crippen LogP contribution < -0.4 is 0 Å². The van der Waals surface area contributed by atoms with Crippen LogP contribution in [0.5, 0.6) is 0 Å². The number of rotatable bonds is 3. The van der Waals surface area contributed by atoms with Gasteiger partial charge >= 0.3 is 0 Å². The van der Waals surface area contributed by atoms with Crippen molar-refractivity contribution in [2.75, 3.05) is 0 Å². The Kier molecular flexibility index (Phi) is 5.94. The van der Waals surface area contributed by atoms with Crippen LogP contribution in [0.3, 0.4) is 0 Å². The average Bonchev–Trinajstić information content (AvgIpc) is 3.50. The first kappa shape index (κ1) is 27.4. The van der Waals surface area contributed by atoms with Gasteiger partial charge in [0.1, 0.15) is 0 Å². The van der Waals surface area contributed by atoms with E-state index in [0.717, 1.165) is 66.2 Å². The van der Waals surface area contributed by atoms with Gasteiger partial charge in [0.05, 0.1) is 33.9 Å². The predicted octanol–water partition coefficient (Wildman–Crippen LogP) is 12.0. The van der Waals surface area contributed by atoms with Gasteiger partial charge in [0.15, 0.2) is 0 Å². The van der Waals surface area contributed by atoms with Gasteiger partial charge in [-0.05, 0) is 81.2 Å². The number of nitriles is 1. The molecular weight excluding hydrogens is 595 g/mol. The van der Waals surface area contributed by atoms with E-state index in [9.17, 15) is 5.26 Å². The summed E-state index contributed by atoms with van der Waals surface area (Å²) in [6.45, 7) is 0. The van der Waals surface area contributed by atoms with Crippen LogP contribution in [0.15, 0.2) is 164 Å². The fourth-order valence-corrected chi connectivity index (χ4v) is 7.78. The molecule has 0 fully saturated rings. The maximum Gasteiger partial charge on any atom is 0.0991 e. The molecule has 2 aromatic heterocycles. The highest BCUT2D eigenvalue weighted by atomic mass is 15.0. The minimum atomic E-state index is 0.654. The standard InChI is InChI=1S/C46H27N3/c47-28-29-21-23-42-40(25-29)41-27-31(22-24-43(41)49(42)33-13-2-1-3-14-33)30-11-10-12-32(26-30)45-39-20-9-7-18-37(39)44-36-17-6-4-15-34(36)35-16-5-8-19-38(35)46(44)48-45/h1-27H. The minimum absolute atomic E-state index is 0.654. The molecule has 0 aliphatic heterocycles. The molecule has 0 aliphatic carbocycles. The molecule has 0 unspecified atom stereocenters. The number of hydrogen-bond acceptors (Lipinski definition) is 2. The van der Waals surface area contributed by atoms with E-state index < -0.39 is 0 Å². The Balaban J connectivity index is 1.21. The Hall–Kier alpha value is -6.76. The van der Waals surface area contributed by atoms with E-state index >= 15 is 0 Å². The summed E-state index contributed by atoms with van der Waals surface area (Å²) < 4.78 is 2.28. The number of benzene rings is 8. The molecule has 0 spiro atoms. The molecule has 0 amide bonds. The van der Waals surface area contributed by atoms with Crippen LogP contribution >= 0.6 is 0 Å². The van der Waals surface area contributed by atoms with Crippen molar-refractivity contribution in [1.82, 2.24) is 9.55 Å². The third kappa shape index (κ3) is 4.11. The molecule has 0 saturated carbocycles. The summed E-state index contributed by atoms with van der Waals surface area (Å²) in [6, 6.07) is 60.1. The number of nitrogens with zero attached hydrogens (tertiary/aromatic N) is 3. The van der Waals surface area contributed by atoms with Gasteiger partial charge in [0.2, 0.25) is 0 Å². The summed E-state index contributed by atoms with van der Waals surface area (Å²) in [4.78, 5) is 5.50. The van der Waals surface area contributed by atoms with Crippen molar-refractivity contribution in [3.63, 3.8) is 0 Å². The fourth-order valence-electron chi connectivity index (χ4n) is 7.78. The number of pyridine rings is 1. The molecule has 0 radical (unpaired) electrons. The molecule has 226 valence electrons. The van der Waals surface area contributed by atoms with Crippen LogP contribution in [0.25, 0.3) is 93.1 Å². The topological polar surface area (TPSA) is 41.6 Å². The normalized spacial score (nSPS) is 11.7. The zero-order chi connectivity index (χ0) is 32.5. The van der Waals surface area contributed by atoms with E-state index in [4.69, 9.17) is 4.98 Å². The number of para-hydroxylation sites is 1. The summed E-state index contributed by atoms with van der Waals surface area (Å²) in [5.74, 6) is 0. The molecule has 3 nitrogen and oxygen atoms in total. The van der Waals surface area contributed by atoms with E-state index in [1.54, 1.807) is 0 Å². The van der Waals surface area contributed by atoms with Crippen LogP contribution in [0.1, 0.15) is 5.56 Å². The molecule has 8 aromatic carbocycles. The smallest absolute Gasteiger partial charge is 0.0991 e. The van der Waals surface area contributed by atoms with Gasteiger partial charge in [0.25, 0.3) is 0 Å². The van der Waals surface area contributed by atoms with Crippen molar-refractivity contribution in [3.8, 4) is 34.1 Å². The fraction of sp³-hybridized carbons (Fsp3) is 0. The Morgan fingerprint density at radius 2 is 1.00 bits per heavy atom. The third-order valence-corrected chi connectivity index (χ3v) is 9.96. The summed E-state index contributed by atoms with van der Waals surface area (Å²) in [5, 5.41) is 20.3. The maximum atomic E-state index is 9.75. The molecule has 3 heteroatoms. The Morgan fingerprint density at radius 3 is 1.76 bits per heavy atom. The van der Waals surface area contributed by atoms with E-state index in [2.05, 4.69) is 156 Å². The lowest BCUT2D eigenvalue weighted by Gasteiger charge is -2.15. The highest BCUT2D eigenvalue weighted by Gasteiger charge is 2.18. The van der Waals surface area contributed by atoms with Gasteiger partial charge in [0, 0.05) is 38.2 Å². The van der Waals surface area contributed by atoms with Crippen molar-refractivity contribution < 1.29 is 0 Å². The lowest BCUT2D eigenvalue weighted by molar-refractivity contribution is 1.18. The second kappa shape index (κ2) is 10.6. The largest absolute Gasteiger partial charge is 0.309 e. The van der Waals surface area contributed by atoms with Gasteiger partial charge in [-0.2, -0.15) is 5.26 Å². The number of aromatic nitrogens is 2. The minimum Gasteiger partial charge on any atom is -0.309 e. The summed E-state index contributed by atoms with van der Waals surface area (Å²) in [7, 11) is 0. The SMILES string of the molecule is N#Cc1ccc2c(c1)c1cc(-c3cccc(-c4nc5c6ccccc6c6ccccc6c5c5ccccc45)c3)ccc1n2-c1ccccc1. The maximum absolute atomic E-state index is 9.75. The third-order valence-electron chi connectivity index (χ3n) is 9.96. The first-order valence-corrected chi connectivity index (χ1v) is 16.5. The summed E-state index contributed by atoms with van der Waals surface area (Å²) in [6.07, 6.45) is 0. The number of fused-ring (bicyclic) bond motifs is 11. The molecule has 49 heavy (non-hydrogen) atoms. The quantitative estimate of drug-likeness (QED) is 0.184. The van der Waals surface area contributed by atoms with Crippen molar-refractivity contribution in [2.24, 2.45) is 0 Å². The van der Waals surface area contributed by atoms with E-state index in [0.29, 0.717) is 5.56 Å². The zero-order valence-electron chi connectivity index (χ0n) is 26.4. The molecule has 0 aliphatic rings. The molecular formula is C46H27N3. The highest BCUT2D eigenvalue weighted by Crippen LogP contribution is 2.42. The van der Waals surface area contributed by atoms with Crippen LogP contribution in [0, 0.1) is 11.3 Å². The first-order valence-electron chi connectivity index (χ1n) is 16.5. The molecule has 10 aromatic rings. The average molecular weight is 622 g/mol. The Labute approximate surface area is 282 Å². The monoisotopic (exact) mass is 621 g/mol. The van der Waals surface area contributed by atoms with Crippen molar-refractivity contribution in [1.29, 1.82) is 5.26 Å². The van der Waals surface area contributed by atoms with Gasteiger partial charge in [-0.15, -0.1) is 0 Å². The Morgan fingerprint density at radius 1 is 0.429 bits per heavy atom. The second-order valence-electron chi connectivity index (χ2n) is 12.6. The molecule has 10 rings (SSSR count).